The van der Waals surface area contributed by atoms with Crippen LogP contribution in [0, 0.1) is 11.3 Å². The summed E-state index contributed by atoms with van der Waals surface area (Å²) in [5.74, 6) is 0.909. The Bertz CT molecular complexity index is 433. The first kappa shape index (κ1) is 14.0. The van der Waals surface area contributed by atoms with Crippen molar-refractivity contribution >= 4 is 0 Å². The van der Waals surface area contributed by atoms with Gasteiger partial charge in [0.1, 0.15) is 0 Å². The molecule has 2 heterocycles. The summed E-state index contributed by atoms with van der Waals surface area (Å²) in [5, 5.41) is 3.78. The summed E-state index contributed by atoms with van der Waals surface area (Å²) in [6.07, 6.45) is 4.72. The SMILES string of the molecule is CC(C)(C)C1CN(Cc2ccccn2)C(C2CC2)CN1. The van der Waals surface area contributed by atoms with Gasteiger partial charge in [0, 0.05) is 37.9 Å². The lowest BCUT2D eigenvalue weighted by molar-refractivity contribution is 0.0679. The number of rotatable bonds is 3. The van der Waals surface area contributed by atoms with Crippen LogP contribution in [0.25, 0.3) is 0 Å². The molecule has 2 unspecified atom stereocenters. The van der Waals surface area contributed by atoms with E-state index in [0.29, 0.717) is 17.5 Å². The van der Waals surface area contributed by atoms with E-state index in [1.807, 2.05) is 12.3 Å². The van der Waals surface area contributed by atoms with Crippen molar-refractivity contribution in [2.75, 3.05) is 13.1 Å². The van der Waals surface area contributed by atoms with E-state index < -0.39 is 0 Å². The molecule has 1 aliphatic heterocycles. The summed E-state index contributed by atoms with van der Waals surface area (Å²) in [7, 11) is 0. The Morgan fingerprint density at radius 2 is 2.10 bits per heavy atom. The van der Waals surface area contributed by atoms with Gasteiger partial charge in [0.05, 0.1) is 5.69 Å². The molecule has 1 saturated heterocycles. The van der Waals surface area contributed by atoms with Crippen molar-refractivity contribution in [1.29, 1.82) is 0 Å². The second-order valence-electron chi connectivity index (χ2n) is 7.48. The first-order valence-corrected chi connectivity index (χ1v) is 7.91. The van der Waals surface area contributed by atoms with Crippen LogP contribution in [-0.4, -0.2) is 35.1 Å². The van der Waals surface area contributed by atoms with Gasteiger partial charge in [0.25, 0.3) is 0 Å². The average Bonchev–Trinajstić information content (AvgIpc) is 3.23. The van der Waals surface area contributed by atoms with Gasteiger partial charge in [-0.3, -0.25) is 9.88 Å². The van der Waals surface area contributed by atoms with Crippen LogP contribution in [0.2, 0.25) is 0 Å². The van der Waals surface area contributed by atoms with Gasteiger partial charge in [0.15, 0.2) is 0 Å². The van der Waals surface area contributed by atoms with E-state index >= 15 is 0 Å². The summed E-state index contributed by atoms with van der Waals surface area (Å²) in [4.78, 5) is 7.19. The highest BCUT2D eigenvalue weighted by Crippen LogP contribution is 2.38. The Hall–Kier alpha value is -0.930. The Kier molecular flexibility index (Phi) is 3.83. The van der Waals surface area contributed by atoms with Crippen molar-refractivity contribution in [3.05, 3.63) is 30.1 Å². The van der Waals surface area contributed by atoms with Gasteiger partial charge in [-0.25, -0.2) is 0 Å². The summed E-state index contributed by atoms with van der Waals surface area (Å²) >= 11 is 0. The van der Waals surface area contributed by atoms with E-state index in [0.717, 1.165) is 25.6 Å². The van der Waals surface area contributed by atoms with Crippen LogP contribution in [0.4, 0.5) is 0 Å². The van der Waals surface area contributed by atoms with Gasteiger partial charge in [-0.05, 0) is 36.3 Å². The van der Waals surface area contributed by atoms with Crippen molar-refractivity contribution in [2.24, 2.45) is 11.3 Å². The normalized spacial score (nSPS) is 28.6. The first-order valence-electron chi connectivity index (χ1n) is 7.91. The van der Waals surface area contributed by atoms with Crippen LogP contribution in [0.1, 0.15) is 39.3 Å². The Labute approximate surface area is 122 Å². The highest BCUT2D eigenvalue weighted by molar-refractivity contribution is 5.06. The predicted molar refractivity (Wildman–Crippen MR) is 82.4 cm³/mol. The fraction of sp³-hybridized carbons (Fsp3) is 0.706. The molecule has 20 heavy (non-hydrogen) atoms. The summed E-state index contributed by atoms with van der Waals surface area (Å²) < 4.78 is 0. The lowest BCUT2D eigenvalue weighted by Crippen LogP contribution is -2.60. The van der Waals surface area contributed by atoms with Crippen LogP contribution in [0.5, 0.6) is 0 Å². The molecule has 0 amide bonds. The standard InChI is InChI=1S/C17H27N3/c1-17(2,3)16-12-20(11-14-6-4-5-9-18-14)15(10-19-16)13-7-8-13/h4-6,9,13,15-16,19H,7-8,10-12H2,1-3H3. The van der Waals surface area contributed by atoms with Crippen molar-refractivity contribution < 1.29 is 0 Å². The zero-order valence-corrected chi connectivity index (χ0v) is 13.0. The van der Waals surface area contributed by atoms with Crippen molar-refractivity contribution in [2.45, 2.75) is 52.2 Å². The molecule has 3 heteroatoms. The maximum atomic E-state index is 4.51. The fourth-order valence-corrected chi connectivity index (χ4v) is 3.23. The molecule has 1 N–H and O–H groups in total. The molecule has 0 aromatic carbocycles. The van der Waals surface area contributed by atoms with E-state index in [-0.39, 0.29) is 0 Å². The lowest BCUT2D eigenvalue weighted by atomic mass is 9.84. The minimum atomic E-state index is 0.316. The zero-order valence-electron chi connectivity index (χ0n) is 13.0. The lowest BCUT2D eigenvalue weighted by Gasteiger charge is -2.45. The van der Waals surface area contributed by atoms with Gasteiger partial charge in [-0.1, -0.05) is 26.8 Å². The summed E-state index contributed by atoms with van der Waals surface area (Å²) in [5.41, 5.74) is 1.52. The number of piperazine rings is 1. The maximum absolute atomic E-state index is 4.51. The smallest absolute Gasteiger partial charge is 0.0544 e. The quantitative estimate of drug-likeness (QED) is 0.918. The van der Waals surface area contributed by atoms with Gasteiger partial charge < -0.3 is 5.32 Å². The zero-order chi connectivity index (χ0) is 14.2. The van der Waals surface area contributed by atoms with Gasteiger partial charge in [-0.2, -0.15) is 0 Å². The van der Waals surface area contributed by atoms with Crippen molar-refractivity contribution in [3.8, 4) is 0 Å². The largest absolute Gasteiger partial charge is 0.311 e. The van der Waals surface area contributed by atoms with Crippen LogP contribution < -0.4 is 5.32 Å². The summed E-state index contributed by atoms with van der Waals surface area (Å²) in [6.45, 7) is 10.3. The molecule has 110 valence electrons. The third kappa shape index (κ3) is 3.21. The number of pyridine rings is 1. The predicted octanol–water partition coefficient (Wildman–Crippen LogP) is 2.68. The van der Waals surface area contributed by atoms with E-state index in [1.54, 1.807) is 0 Å². The van der Waals surface area contributed by atoms with Gasteiger partial charge in [0.2, 0.25) is 0 Å². The highest BCUT2D eigenvalue weighted by Gasteiger charge is 2.41. The number of nitrogens with one attached hydrogen (secondary N) is 1. The molecule has 2 atom stereocenters. The first-order chi connectivity index (χ1) is 9.54. The van der Waals surface area contributed by atoms with Gasteiger partial charge in [-0.15, -0.1) is 0 Å². The Morgan fingerprint density at radius 3 is 2.70 bits per heavy atom. The molecule has 3 rings (SSSR count). The number of nitrogens with zero attached hydrogens (tertiary/aromatic N) is 2. The minimum absolute atomic E-state index is 0.316. The molecule has 2 aliphatic rings. The molecule has 0 bridgehead atoms. The monoisotopic (exact) mass is 273 g/mol. The minimum Gasteiger partial charge on any atom is -0.311 e. The molecular formula is C17H27N3. The van der Waals surface area contributed by atoms with E-state index in [9.17, 15) is 0 Å². The molecule has 1 aliphatic carbocycles. The number of aromatic nitrogens is 1. The molecule has 1 aromatic rings. The molecular weight excluding hydrogens is 246 g/mol. The molecule has 3 nitrogen and oxygen atoms in total. The Balaban J connectivity index is 1.72. The Morgan fingerprint density at radius 1 is 1.30 bits per heavy atom. The van der Waals surface area contributed by atoms with Crippen molar-refractivity contribution in [1.82, 2.24) is 15.2 Å². The van der Waals surface area contributed by atoms with E-state index in [2.05, 4.69) is 48.1 Å². The number of hydrogen-bond donors (Lipinski definition) is 1. The van der Waals surface area contributed by atoms with E-state index in [1.165, 1.54) is 18.5 Å². The second-order valence-corrected chi connectivity index (χ2v) is 7.48. The van der Waals surface area contributed by atoms with Gasteiger partial charge >= 0.3 is 0 Å². The highest BCUT2D eigenvalue weighted by atomic mass is 15.2. The van der Waals surface area contributed by atoms with Crippen LogP contribution >= 0.6 is 0 Å². The molecule has 1 aromatic heterocycles. The summed E-state index contributed by atoms with van der Waals surface area (Å²) in [6, 6.07) is 7.52. The molecule has 0 radical (unpaired) electrons. The second kappa shape index (κ2) is 5.45. The maximum Gasteiger partial charge on any atom is 0.0544 e. The third-order valence-electron chi connectivity index (χ3n) is 4.76. The number of hydrogen-bond acceptors (Lipinski definition) is 3. The van der Waals surface area contributed by atoms with Crippen LogP contribution in [0.15, 0.2) is 24.4 Å². The topological polar surface area (TPSA) is 28.2 Å². The molecule has 1 saturated carbocycles. The third-order valence-corrected chi connectivity index (χ3v) is 4.76. The van der Waals surface area contributed by atoms with Crippen molar-refractivity contribution in [3.63, 3.8) is 0 Å². The fourth-order valence-electron chi connectivity index (χ4n) is 3.23. The van der Waals surface area contributed by atoms with Crippen LogP contribution in [0.3, 0.4) is 0 Å². The van der Waals surface area contributed by atoms with E-state index in [4.69, 9.17) is 0 Å². The molecule has 0 spiro atoms. The average molecular weight is 273 g/mol. The molecule has 2 fully saturated rings. The van der Waals surface area contributed by atoms with Crippen LogP contribution in [-0.2, 0) is 6.54 Å².